The van der Waals surface area contributed by atoms with Crippen LogP contribution in [0.15, 0.2) is 9.42 Å². The second-order valence-corrected chi connectivity index (χ2v) is 6.92. The molecule has 0 aliphatic carbocycles. The van der Waals surface area contributed by atoms with Crippen LogP contribution in [-0.4, -0.2) is 43.5 Å². The van der Waals surface area contributed by atoms with E-state index < -0.39 is 10.0 Å². The van der Waals surface area contributed by atoms with E-state index in [4.69, 9.17) is 9.78 Å². The van der Waals surface area contributed by atoms with E-state index in [1.165, 1.54) is 0 Å². The Kier molecular flexibility index (Phi) is 4.83. The summed E-state index contributed by atoms with van der Waals surface area (Å²) in [5, 5.41) is 12.2. The van der Waals surface area contributed by atoms with Gasteiger partial charge in [0.1, 0.15) is 17.0 Å². The molecule has 1 amide bonds. The van der Waals surface area contributed by atoms with Crippen molar-refractivity contribution in [2.45, 2.75) is 44.0 Å². The van der Waals surface area contributed by atoms with Gasteiger partial charge in [0, 0.05) is 19.1 Å². The third kappa shape index (κ3) is 3.45. The molecule has 2 rings (SSSR count). The topological polar surface area (TPSA) is 116 Å². The second-order valence-electron chi connectivity index (χ2n) is 5.26. The van der Waals surface area contributed by atoms with Crippen LogP contribution in [0.4, 0.5) is 0 Å². The lowest BCUT2D eigenvalue weighted by atomic mass is 10.1. The maximum absolute atomic E-state index is 12.4. The van der Waals surface area contributed by atoms with Gasteiger partial charge in [-0.25, -0.2) is 13.1 Å². The van der Waals surface area contributed by atoms with Crippen LogP contribution in [0.5, 0.6) is 0 Å². The number of piperidine rings is 1. The molecule has 0 saturated carbocycles. The van der Waals surface area contributed by atoms with Crippen LogP contribution in [0, 0.1) is 25.2 Å². The fraction of sp³-hybridized carbons (Fsp3) is 0.615. The van der Waals surface area contributed by atoms with Crippen molar-refractivity contribution >= 4 is 15.9 Å². The van der Waals surface area contributed by atoms with Gasteiger partial charge in [0.25, 0.3) is 0 Å². The van der Waals surface area contributed by atoms with Gasteiger partial charge in [-0.15, -0.1) is 0 Å². The molecular weight excluding hydrogens is 308 g/mol. The highest BCUT2D eigenvalue weighted by molar-refractivity contribution is 7.89. The summed E-state index contributed by atoms with van der Waals surface area (Å²) in [6, 6.07) is 1.58. The molecule has 0 atom stereocenters. The number of hydrogen-bond donors (Lipinski definition) is 1. The molecule has 0 radical (unpaired) electrons. The molecule has 1 N–H and O–H groups in total. The molecule has 2 heterocycles. The van der Waals surface area contributed by atoms with E-state index in [0.29, 0.717) is 31.6 Å². The molecule has 1 aromatic heterocycles. The predicted octanol–water partition coefficient (Wildman–Crippen LogP) is 0.474. The molecule has 0 aromatic carbocycles. The third-order valence-electron chi connectivity index (χ3n) is 3.64. The third-order valence-corrected chi connectivity index (χ3v) is 5.40. The van der Waals surface area contributed by atoms with Gasteiger partial charge < -0.3 is 9.42 Å². The lowest BCUT2D eigenvalue weighted by Crippen LogP contribution is -2.46. The standard InChI is InChI=1S/C13H18N4O4S/c1-9-13(10(2)21-15-9)22(19,20)16-11-4-7-17(8-5-11)12(18)3-6-14/h11,16H,3-5,7-8H2,1-2H3. The van der Waals surface area contributed by atoms with Crippen molar-refractivity contribution in [1.29, 1.82) is 5.26 Å². The van der Waals surface area contributed by atoms with Crippen LogP contribution in [0.2, 0.25) is 0 Å². The van der Waals surface area contributed by atoms with Crippen molar-refractivity contribution in [3.8, 4) is 6.07 Å². The SMILES string of the molecule is Cc1noc(C)c1S(=O)(=O)NC1CCN(C(=O)CC#N)CC1. The largest absolute Gasteiger partial charge is 0.360 e. The minimum absolute atomic E-state index is 0.0792. The highest BCUT2D eigenvalue weighted by Gasteiger charge is 2.30. The van der Waals surface area contributed by atoms with Crippen LogP contribution >= 0.6 is 0 Å². The lowest BCUT2D eigenvalue weighted by Gasteiger charge is -2.31. The molecule has 0 spiro atoms. The van der Waals surface area contributed by atoms with Crippen LogP contribution < -0.4 is 4.72 Å². The van der Waals surface area contributed by atoms with Gasteiger partial charge in [0.05, 0.1) is 6.07 Å². The summed E-state index contributed by atoms with van der Waals surface area (Å²) in [7, 11) is -3.69. The Hall–Kier alpha value is -1.92. The zero-order chi connectivity index (χ0) is 16.3. The van der Waals surface area contributed by atoms with Crippen molar-refractivity contribution in [3.05, 3.63) is 11.5 Å². The fourth-order valence-corrected chi connectivity index (χ4v) is 4.20. The molecule has 1 saturated heterocycles. The molecule has 0 bridgehead atoms. The summed E-state index contributed by atoms with van der Waals surface area (Å²) < 4.78 is 32.3. The van der Waals surface area contributed by atoms with E-state index in [9.17, 15) is 13.2 Å². The van der Waals surface area contributed by atoms with E-state index in [1.807, 2.05) is 6.07 Å². The summed E-state index contributed by atoms with van der Waals surface area (Å²) in [5.74, 6) is 0.0427. The molecule has 1 aliphatic rings. The van der Waals surface area contributed by atoms with Gasteiger partial charge >= 0.3 is 0 Å². The van der Waals surface area contributed by atoms with Crippen molar-refractivity contribution < 1.29 is 17.7 Å². The summed E-state index contributed by atoms with van der Waals surface area (Å²) in [4.78, 5) is 13.3. The molecule has 0 unspecified atom stereocenters. The quantitative estimate of drug-likeness (QED) is 0.860. The maximum atomic E-state index is 12.4. The molecule has 9 heteroatoms. The monoisotopic (exact) mass is 326 g/mol. The normalized spacial score (nSPS) is 16.5. The van der Waals surface area contributed by atoms with E-state index in [0.717, 1.165) is 0 Å². The van der Waals surface area contributed by atoms with Crippen LogP contribution in [0.1, 0.15) is 30.7 Å². The zero-order valence-electron chi connectivity index (χ0n) is 12.5. The van der Waals surface area contributed by atoms with E-state index in [2.05, 4.69) is 9.88 Å². The minimum atomic E-state index is -3.69. The Bertz CT molecular complexity index is 677. The van der Waals surface area contributed by atoms with Crippen molar-refractivity contribution in [1.82, 2.24) is 14.8 Å². The Morgan fingerprint density at radius 2 is 2.09 bits per heavy atom. The van der Waals surface area contributed by atoms with Gasteiger partial charge in [0.2, 0.25) is 15.9 Å². The zero-order valence-corrected chi connectivity index (χ0v) is 13.3. The first kappa shape index (κ1) is 16.5. The number of nitrogens with zero attached hydrogens (tertiary/aromatic N) is 3. The second kappa shape index (κ2) is 6.46. The molecule has 1 aliphatic heterocycles. The number of aryl methyl sites for hydroxylation is 2. The first-order chi connectivity index (χ1) is 10.3. The highest BCUT2D eigenvalue weighted by atomic mass is 32.2. The van der Waals surface area contributed by atoms with E-state index >= 15 is 0 Å². The van der Waals surface area contributed by atoms with Crippen LogP contribution in [-0.2, 0) is 14.8 Å². The first-order valence-electron chi connectivity index (χ1n) is 6.95. The predicted molar refractivity (Wildman–Crippen MR) is 76.1 cm³/mol. The maximum Gasteiger partial charge on any atom is 0.246 e. The van der Waals surface area contributed by atoms with Crippen molar-refractivity contribution in [2.24, 2.45) is 0 Å². The Morgan fingerprint density at radius 3 is 2.59 bits per heavy atom. The van der Waals surface area contributed by atoms with Gasteiger partial charge in [-0.05, 0) is 26.7 Å². The van der Waals surface area contributed by atoms with Gasteiger partial charge in [-0.3, -0.25) is 4.79 Å². The van der Waals surface area contributed by atoms with Crippen molar-refractivity contribution in [3.63, 3.8) is 0 Å². The van der Waals surface area contributed by atoms with Gasteiger partial charge in [0.15, 0.2) is 5.76 Å². The molecule has 1 aromatic rings. The molecular formula is C13H18N4O4S. The van der Waals surface area contributed by atoms with Crippen LogP contribution in [0.25, 0.3) is 0 Å². The minimum Gasteiger partial charge on any atom is -0.360 e. The van der Waals surface area contributed by atoms with Gasteiger partial charge in [-0.1, -0.05) is 5.16 Å². The van der Waals surface area contributed by atoms with Crippen LogP contribution in [0.3, 0.4) is 0 Å². The number of sulfonamides is 1. The number of carbonyl (C=O) groups excluding carboxylic acids is 1. The average molecular weight is 326 g/mol. The number of likely N-dealkylation sites (tertiary alicyclic amines) is 1. The smallest absolute Gasteiger partial charge is 0.246 e. The number of hydrogen-bond acceptors (Lipinski definition) is 6. The van der Waals surface area contributed by atoms with E-state index in [1.54, 1.807) is 18.7 Å². The number of aromatic nitrogens is 1. The highest BCUT2D eigenvalue weighted by Crippen LogP contribution is 2.21. The number of carbonyl (C=O) groups is 1. The number of nitriles is 1. The molecule has 22 heavy (non-hydrogen) atoms. The Balaban J connectivity index is 1.99. The van der Waals surface area contributed by atoms with E-state index in [-0.39, 0.29) is 29.0 Å². The first-order valence-corrected chi connectivity index (χ1v) is 8.43. The fourth-order valence-electron chi connectivity index (χ4n) is 2.56. The summed E-state index contributed by atoms with van der Waals surface area (Å²) >= 11 is 0. The lowest BCUT2D eigenvalue weighted by molar-refractivity contribution is -0.131. The number of rotatable bonds is 4. The summed E-state index contributed by atoms with van der Waals surface area (Å²) in [6.45, 7) is 4.01. The molecule has 8 nitrogen and oxygen atoms in total. The molecule has 120 valence electrons. The number of nitrogens with one attached hydrogen (secondary N) is 1. The summed E-state index contributed by atoms with van der Waals surface area (Å²) in [5.41, 5.74) is 0.326. The Morgan fingerprint density at radius 1 is 1.45 bits per heavy atom. The Labute approximate surface area is 129 Å². The number of amides is 1. The molecule has 1 fully saturated rings. The average Bonchev–Trinajstić information content (AvgIpc) is 2.79. The van der Waals surface area contributed by atoms with Gasteiger partial charge in [-0.2, -0.15) is 5.26 Å². The van der Waals surface area contributed by atoms with Crippen molar-refractivity contribution in [2.75, 3.05) is 13.1 Å². The summed E-state index contributed by atoms with van der Waals surface area (Å²) in [6.07, 6.45) is 0.884.